The Morgan fingerprint density at radius 2 is 1.65 bits per heavy atom. The van der Waals surface area contributed by atoms with Crippen LogP contribution in [0.1, 0.15) is 47.8 Å². The fourth-order valence-corrected chi connectivity index (χ4v) is 6.72. The summed E-state index contributed by atoms with van der Waals surface area (Å²) in [5.41, 5.74) is 3.09. The maximum atomic E-state index is 14.5. The number of amides is 1. The number of quaternary nitrogens is 1. The molecule has 1 aliphatic rings. The van der Waals surface area contributed by atoms with Crippen LogP contribution in [0.4, 0.5) is 8.78 Å². The van der Waals surface area contributed by atoms with Gasteiger partial charge in [-0.1, -0.05) is 36.4 Å². The zero-order valence-corrected chi connectivity index (χ0v) is 27.4. The summed E-state index contributed by atoms with van der Waals surface area (Å²) in [4.78, 5) is 49.5. The van der Waals surface area contributed by atoms with E-state index >= 15 is 0 Å². The number of fused-ring (bicyclic) bond motifs is 2. The third-order valence-electron chi connectivity index (χ3n) is 8.98. The average Bonchev–Trinajstić information content (AvgIpc) is 3.49. The Labute approximate surface area is 280 Å². The standard InChI is InChI=1S/C37H35F2N7O3/c1-46(2,3)22-23-7-9-24(10-8-23)25-5-4-6-30(17-25)44-34-31(18-27(39)19-40-34)36(48)45(37(44)49)29-14-12-28(13-15-29)41-35(47)32-21-43-20-26(38)11-16-33(43)42-32/h4-11,16-21,28-29H,12-15,22H2,1-3H3/p+1/t28-,29+. The molecule has 0 unspecified atom stereocenters. The molecule has 4 heterocycles. The molecule has 250 valence electrons. The second kappa shape index (κ2) is 12.5. The van der Waals surface area contributed by atoms with Gasteiger partial charge in [0.05, 0.1) is 38.4 Å². The second-order valence-corrected chi connectivity index (χ2v) is 13.7. The van der Waals surface area contributed by atoms with Gasteiger partial charge in [-0.2, -0.15) is 0 Å². The summed E-state index contributed by atoms with van der Waals surface area (Å²) in [5.74, 6) is -1.50. The fraction of sp³-hybridized carbons (Fsp3) is 0.270. The number of nitrogens with one attached hydrogen (secondary N) is 1. The first-order valence-corrected chi connectivity index (χ1v) is 16.2. The van der Waals surface area contributed by atoms with Gasteiger partial charge in [-0.05, 0) is 67.1 Å². The van der Waals surface area contributed by atoms with Gasteiger partial charge in [0.1, 0.15) is 29.5 Å². The molecule has 0 bridgehead atoms. The highest BCUT2D eigenvalue weighted by Gasteiger charge is 2.28. The van der Waals surface area contributed by atoms with Crippen LogP contribution in [0.5, 0.6) is 0 Å². The third kappa shape index (κ3) is 6.51. The molecule has 1 N–H and O–H groups in total. The molecule has 0 saturated heterocycles. The minimum Gasteiger partial charge on any atom is -0.348 e. The highest BCUT2D eigenvalue weighted by Crippen LogP contribution is 2.29. The van der Waals surface area contributed by atoms with Gasteiger partial charge in [-0.3, -0.25) is 14.2 Å². The number of carbonyl (C=O) groups excluding carboxylic acids is 1. The summed E-state index contributed by atoms with van der Waals surface area (Å²) >= 11 is 0. The van der Waals surface area contributed by atoms with Crippen LogP contribution in [0.15, 0.2) is 94.9 Å². The highest BCUT2D eigenvalue weighted by molar-refractivity contribution is 5.93. The van der Waals surface area contributed by atoms with Gasteiger partial charge in [0.25, 0.3) is 11.5 Å². The number of imidazole rings is 1. The van der Waals surface area contributed by atoms with E-state index in [9.17, 15) is 23.2 Å². The van der Waals surface area contributed by atoms with Gasteiger partial charge in [-0.25, -0.2) is 28.1 Å². The Bertz CT molecular complexity index is 2330. The summed E-state index contributed by atoms with van der Waals surface area (Å²) < 4.78 is 32.9. The van der Waals surface area contributed by atoms with Crippen LogP contribution in [0.2, 0.25) is 0 Å². The lowest BCUT2D eigenvalue weighted by atomic mass is 9.90. The van der Waals surface area contributed by atoms with Crippen LogP contribution < -0.4 is 16.6 Å². The number of benzene rings is 2. The first-order valence-electron chi connectivity index (χ1n) is 16.2. The molecule has 0 aliphatic heterocycles. The number of rotatable bonds is 7. The number of hydrogen-bond donors (Lipinski definition) is 1. The molecule has 49 heavy (non-hydrogen) atoms. The average molecular weight is 665 g/mol. The van der Waals surface area contributed by atoms with Crippen molar-refractivity contribution < 1.29 is 18.1 Å². The second-order valence-electron chi connectivity index (χ2n) is 13.7. The van der Waals surface area contributed by atoms with E-state index in [1.54, 1.807) is 6.07 Å². The van der Waals surface area contributed by atoms with E-state index in [1.807, 2.05) is 30.3 Å². The number of halogens is 2. The Balaban J connectivity index is 1.17. The summed E-state index contributed by atoms with van der Waals surface area (Å²) in [6.45, 7) is 0.879. The molecular formula is C37H36F2N7O3+. The summed E-state index contributed by atoms with van der Waals surface area (Å²) in [6, 6.07) is 18.9. The predicted molar refractivity (Wildman–Crippen MR) is 183 cm³/mol. The molecule has 0 radical (unpaired) electrons. The molecule has 2 aromatic carbocycles. The van der Waals surface area contributed by atoms with E-state index in [4.69, 9.17) is 0 Å². The Morgan fingerprint density at radius 3 is 2.39 bits per heavy atom. The molecule has 0 spiro atoms. The van der Waals surface area contributed by atoms with Crippen molar-refractivity contribution in [2.75, 3.05) is 21.1 Å². The summed E-state index contributed by atoms with van der Waals surface area (Å²) in [6.07, 6.45) is 5.61. The maximum absolute atomic E-state index is 14.5. The fourth-order valence-electron chi connectivity index (χ4n) is 6.72. The largest absolute Gasteiger partial charge is 0.348 e. The molecule has 7 rings (SSSR count). The molecule has 4 aromatic heterocycles. The number of nitrogens with zero attached hydrogens (tertiary/aromatic N) is 6. The van der Waals surface area contributed by atoms with Crippen molar-refractivity contribution in [1.82, 2.24) is 28.8 Å². The van der Waals surface area contributed by atoms with Crippen molar-refractivity contribution in [1.29, 1.82) is 0 Å². The summed E-state index contributed by atoms with van der Waals surface area (Å²) in [7, 11) is 6.41. The molecule has 1 fully saturated rings. The minimum atomic E-state index is -0.676. The number of carbonyl (C=O) groups is 1. The molecule has 1 aliphatic carbocycles. The number of pyridine rings is 2. The quantitative estimate of drug-likeness (QED) is 0.235. The van der Waals surface area contributed by atoms with E-state index < -0.39 is 28.9 Å². The lowest BCUT2D eigenvalue weighted by molar-refractivity contribution is -0.884. The van der Waals surface area contributed by atoms with Crippen LogP contribution in [0.25, 0.3) is 33.5 Å². The first-order chi connectivity index (χ1) is 23.4. The van der Waals surface area contributed by atoms with E-state index in [0.29, 0.717) is 37.0 Å². The van der Waals surface area contributed by atoms with Crippen molar-refractivity contribution in [2.45, 2.75) is 44.3 Å². The van der Waals surface area contributed by atoms with E-state index in [2.05, 4.69) is 48.6 Å². The molecular weight excluding hydrogens is 628 g/mol. The monoisotopic (exact) mass is 664 g/mol. The number of aromatic nitrogens is 5. The van der Waals surface area contributed by atoms with E-state index in [1.165, 1.54) is 43.6 Å². The van der Waals surface area contributed by atoms with Gasteiger partial charge in [-0.15, -0.1) is 0 Å². The minimum absolute atomic E-state index is 0.00775. The van der Waals surface area contributed by atoms with Crippen LogP contribution in [-0.4, -0.2) is 61.1 Å². The van der Waals surface area contributed by atoms with Crippen LogP contribution in [-0.2, 0) is 6.54 Å². The van der Waals surface area contributed by atoms with Crippen LogP contribution >= 0.6 is 0 Å². The maximum Gasteiger partial charge on any atom is 0.337 e. The van der Waals surface area contributed by atoms with Crippen LogP contribution in [0, 0.1) is 11.6 Å². The summed E-state index contributed by atoms with van der Waals surface area (Å²) in [5, 5.41) is 2.99. The predicted octanol–water partition coefficient (Wildman–Crippen LogP) is 5.26. The van der Waals surface area contributed by atoms with Crippen molar-refractivity contribution in [3.8, 4) is 16.8 Å². The van der Waals surface area contributed by atoms with Gasteiger partial charge in [0, 0.05) is 30.0 Å². The first kappa shape index (κ1) is 32.1. The topological polar surface area (TPSA) is 103 Å². The Kier molecular flexibility index (Phi) is 8.19. The van der Waals surface area contributed by atoms with E-state index in [-0.39, 0.29) is 28.7 Å². The molecule has 6 aromatic rings. The van der Waals surface area contributed by atoms with Crippen molar-refractivity contribution >= 4 is 22.6 Å². The SMILES string of the molecule is C[N+](C)(C)Cc1ccc(-c2cccc(-n3c(=O)n([C@H]4CC[C@@H](NC(=O)c5cn6cc(F)ccc6n5)CC4)c(=O)c4cc(F)cnc43)c2)cc1. The number of hydrogen-bond acceptors (Lipinski definition) is 5. The Morgan fingerprint density at radius 1 is 0.898 bits per heavy atom. The Hall–Kier alpha value is -5.49. The highest BCUT2D eigenvalue weighted by atomic mass is 19.1. The molecule has 1 amide bonds. The molecule has 1 saturated carbocycles. The molecule has 12 heteroatoms. The van der Waals surface area contributed by atoms with Gasteiger partial charge in [0.15, 0.2) is 5.65 Å². The van der Waals surface area contributed by atoms with Crippen LogP contribution in [0.3, 0.4) is 0 Å². The third-order valence-corrected chi connectivity index (χ3v) is 8.98. The lowest BCUT2D eigenvalue weighted by Crippen LogP contribution is -2.45. The van der Waals surface area contributed by atoms with Gasteiger partial charge >= 0.3 is 5.69 Å². The van der Waals surface area contributed by atoms with Crippen molar-refractivity contribution in [2.24, 2.45) is 0 Å². The molecule has 0 atom stereocenters. The zero-order chi connectivity index (χ0) is 34.4. The smallest absolute Gasteiger partial charge is 0.337 e. The zero-order valence-electron chi connectivity index (χ0n) is 27.4. The van der Waals surface area contributed by atoms with Crippen molar-refractivity contribution in [3.63, 3.8) is 0 Å². The lowest BCUT2D eigenvalue weighted by Gasteiger charge is -2.30. The molecule has 10 nitrogen and oxygen atoms in total. The van der Waals surface area contributed by atoms with Gasteiger partial charge < -0.3 is 14.2 Å². The van der Waals surface area contributed by atoms with E-state index in [0.717, 1.165) is 34.4 Å². The normalized spacial score (nSPS) is 16.7. The van der Waals surface area contributed by atoms with Crippen molar-refractivity contribution in [3.05, 3.63) is 129 Å². The van der Waals surface area contributed by atoms with Gasteiger partial charge in [0.2, 0.25) is 0 Å².